The SMILES string of the molecule is O=C(CCN1C(=O)NC2(CCCC2)C1=O)NC1CCCCC1. The minimum absolute atomic E-state index is 0.0557. The summed E-state index contributed by atoms with van der Waals surface area (Å²) in [5.41, 5.74) is -0.670. The summed E-state index contributed by atoms with van der Waals surface area (Å²) < 4.78 is 0. The summed E-state index contributed by atoms with van der Waals surface area (Å²) in [6.45, 7) is 0.185. The molecule has 0 aromatic rings. The van der Waals surface area contributed by atoms with Gasteiger partial charge in [0.05, 0.1) is 0 Å². The molecule has 3 rings (SSSR count). The highest BCUT2D eigenvalue weighted by molar-refractivity contribution is 6.07. The lowest BCUT2D eigenvalue weighted by Gasteiger charge is -2.23. The summed E-state index contributed by atoms with van der Waals surface area (Å²) in [4.78, 5) is 37.7. The molecule has 1 aliphatic heterocycles. The smallest absolute Gasteiger partial charge is 0.325 e. The number of nitrogens with zero attached hydrogens (tertiary/aromatic N) is 1. The molecule has 6 heteroatoms. The molecule has 2 aliphatic carbocycles. The van der Waals surface area contributed by atoms with E-state index in [1.54, 1.807) is 0 Å². The van der Waals surface area contributed by atoms with E-state index in [1.165, 1.54) is 24.2 Å². The average molecular weight is 307 g/mol. The summed E-state index contributed by atoms with van der Waals surface area (Å²) in [5, 5.41) is 5.86. The van der Waals surface area contributed by atoms with Crippen molar-refractivity contribution >= 4 is 17.8 Å². The number of hydrogen-bond acceptors (Lipinski definition) is 3. The van der Waals surface area contributed by atoms with Gasteiger partial charge in [-0.2, -0.15) is 0 Å². The standard InChI is InChI=1S/C16H25N3O3/c20-13(17-12-6-2-1-3-7-12)8-11-19-14(21)16(18-15(19)22)9-4-5-10-16/h12H,1-11H2,(H,17,20)(H,18,22). The van der Waals surface area contributed by atoms with Crippen molar-refractivity contribution in [2.24, 2.45) is 0 Å². The number of urea groups is 1. The molecular weight excluding hydrogens is 282 g/mol. The van der Waals surface area contributed by atoms with E-state index in [9.17, 15) is 14.4 Å². The van der Waals surface area contributed by atoms with Gasteiger partial charge in [-0.3, -0.25) is 14.5 Å². The minimum atomic E-state index is -0.670. The van der Waals surface area contributed by atoms with Crippen molar-refractivity contribution in [2.45, 2.75) is 75.8 Å². The largest absolute Gasteiger partial charge is 0.353 e. The minimum Gasteiger partial charge on any atom is -0.353 e. The van der Waals surface area contributed by atoms with Crippen molar-refractivity contribution in [1.82, 2.24) is 15.5 Å². The Bertz CT molecular complexity index is 465. The van der Waals surface area contributed by atoms with Crippen LogP contribution in [0.25, 0.3) is 0 Å². The highest BCUT2D eigenvalue weighted by Crippen LogP contribution is 2.35. The Morgan fingerprint density at radius 3 is 2.50 bits per heavy atom. The van der Waals surface area contributed by atoms with Crippen molar-refractivity contribution in [3.63, 3.8) is 0 Å². The lowest BCUT2D eigenvalue weighted by atomic mass is 9.95. The van der Waals surface area contributed by atoms with Crippen molar-refractivity contribution in [1.29, 1.82) is 0 Å². The fraction of sp³-hybridized carbons (Fsp3) is 0.812. The maximum absolute atomic E-state index is 12.5. The molecule has 1 heterocycles. The van der Waals surface area contributed by atoms with Crippen LogP contribution >= 0.6 is 0 Å². The molecule has 122 valence electrons. The summed E-state index contributed by atoms with van der Waals surface area (Å²) in [6, 6.07) is -0.0668. The van der Waals surface area contributed by atoms with Gasteiger partial charge in [0.25, 0.3) is 5.91 Å². The van der Waals surface area contributed by atoms with Gasteiger partial charge < -0.3 is 10.6 Å². The lowest BCUT2D eigenvalue weighted by molar-refractivity contribution is -0.131. The average Bonchev–Trinajstić information content (AvgIpc) is 3.06. The number of nitrogens with one attached hydrogen (secondary N) is 2. The van der Waals surface area contributed by atoms with Gasteiger partial charge in [-0.1, -0.05) is 32.1 Å². The highest BCUT2D eigenvalue weighted by atomic mass is 16.2. The molecule has 4 amide bonds. The molecule has 2 N–H and O–H groups in total. The summed E-state index contributed by atoms with van der Waals surface area (Å²) in [6.07, 6.45) is 9.26. The van der Waals surface area contributed by atoms with Gasteiger partial charge in [0.1, 0.15) is 5.54 Å². The Hall–Kier alpha value is -1.59. The number of imide groups is 1. The molecule has 6 nitrogen and oxygen atoms in total. The zero-order valence-corrected chi connectivity index (χ0v) is 13.0. The molecule has 0 radical (unpaired) electrons. The van der Waals surface area contributed by atoms with Crippen LogP contribution in [0.1, 0.15) is 64.2 Å². The van der Waals surface area contributed by atoms with Gasteiger partial charge in [0.2, 0.25) is 5.91 Å². The Labute approximate surface area is 131 Å². The Morgan fingerprint density at radius 2 is 1.82 bits per heavy atom. The molecule has 1 spiro atoms. The van der Waals surface area contributed by atoms with Crippen LogP contribution in [0.15, 0.2) is 0 Å². The van der Waals surface area contributed by atoms with Crippen molar-refractivity contribution < 1.29 is 14.4 Å². The van der Waals surface area contributed by atoms with Crippen LogP contribution in [0.2, 0.25) is 0 Å². The van der Waals surface area contributed by atoms with E-state index in [2.05, 4.69) is 10.6 Å². The number of carbonyl (C=O) groups excluding carboxylic acids is 3. The Balaban J connectivity index is 1.49. The summed E-state index contributed by atoms with van der Waals surface area (Å²) >= 11 is 0. The molecule has 0 atom stereocenters. The molecular formula is C16H25N3O3. The molecule has 0 aromatic carbocycles. The van der Waals surface area contributed by atoms with Gasteiger partial charge in [-0.05, 0) is 25.7 Å². The van der Waals surface area contributed by atoms with E-state index < -0.39 is 5.54 Å². The first-order chi connectivity index (χ1) is 10.6. The summed E-state index contributed by atoms with van der Waals surface area (Å²) in [5.74, 6) is -0.194. The Morgan fingerprint density at radius 1 is 1.14 bits per heavy atom. The number of hydrogen-bond donors (Lipinski definition) is 2. The van der Waals surface area contributed by atoms with Crippen LogP contribution in [0.3, 0.4) is 0 Å². The van der Waals surface area contributed by atoms with Gasteiger partial charge in [0.15, 0.2) is 0 Å². The summed E-state index contributed by atoms with van der Waals surface area (Å²) in [7, 11) is 0. The zero-order chi connectivity index (χ0) is 15.6. The second-order valence-corrected chi connectivity index (χ2v) is 6.83. The second-order valence-electron chi connectivity index (χ2n) is 6.83. The normalized spacial score (nSPS) is 24.8. The topological polar surface area (TPSA) is 78.5 Å². The first-order valence-electron chi connectivity index (χ1n) is 8.54. The molecule has 3 fully saturated rings. The van der Waals surface area contributed by atoms with Crippen molar-refractivity contribution in [3.05, 3.63) is 0 Å². The zero-order valence-electron chi connectivity index (χ0n) is 13.0. The molecule has 0 unspecified atom stereocenters. The molecule has 22 heavy (non-hydrogen) atoms. The van der Waals surface area contributed by atoms with Gasteiger partial charge in [0, 0.05) is 19.0 Å². The molecule has 0 aromatic heterocycles. The van der Waals surface area contributed by atoms with E-state index in [-0.39, 0.29) is 36.9 Å². The van der Waals surface area contributed by atoms with Crippen LogP contribution in [0.5, 0.6) is 0 Å². The molecule has 2 saturated carbocycles. The van der Waals surface area contributed by atoms with Crippen LogP contribution < -0.4 is 10.6 Å². The van der Waals surface area contributed by atoms with E-state index in [0.717, 1.165) is 38.5 Å². The highest BCUT2D eigenvalue weighted by Gasteiger charge is 2.52. The van der Waals surface area contributed by atoms with Gasteiger partial charge in [-0.15, -0.1) is 0 Å². The van der Waals surface area contributed by atoms with Gasteiger partial charge in [-0.25, -0.2) is 4.79 Å². The predicted molar refractivity (Wildman–Crippen MR) is 81.1 cm³/mol. The molecule has 3 aliphatic rings. The van der Waals surface area contributed by atoms with Crippen molar-refractivity contribution in [3.8, 4) is 0 Å². The van der Waals surface area contributed by atoms with Crippen molar-refractivity contribution in [2.75, 3.05) is 6.54 Å². The fourth-order valence-electron chi connectivity index (χ4n) is 3.96. The third-order valence-corrected chi connectivity index (χ3v) is 5.24. The van der Waals surface area contributed by atoms with Gasteiger partial charge >= 0.3 is 6.03 Å². The van der Waals surface area contributed by atoms with Crippen LogP contribution in [-0.2, 0) is 9.59 Å². The van der Waals surface area contributed by atoms with E-state index in [0.29, 0.717) is 0 Å². The van der Waals surface area contributed by atoms with E-state index in [1.807, 2.05) is 0 Å². The first-order valence-corrected chi connectivity index (χ1v) is 8.54. The first kappa shape index (κ1) is 15.3. The molecule has 0 bridgehead atoms. The third kappa shape index (κ3) is 2.96. The fourth-order valence-corrected chi connectivity index (χ4v) is 3.96. The second kappa shape index (κ2) is 6.26. The maximum atomic E-state index is 12.5. The van der Waals surface area contributed by atoms with Crippen LogP contribution in [0, 0.1) is 0 Å². The van der Waals surface area contributed by atoms with E-state index in [4.69, 9.17) is 0 Å². The number of rotatable bonds is 4. The monoisotopic (exact) mass is 307 g/mol. The maximum Gasteiger partial charge on any atom is 0.325 e. The molecule has 1 saturated heterocycles. The third-order valence-electron chi connectivity index (χ3n) is 5.24. The van der Waals surface area contributed by atoms with E-state index >= 15 is 0 Å². The quantitative estimate of drug-likeness (QED) is 0.776. The van der Waals surface area contributed by atoms with Crippen LogP contribution in [0.4, 0.5) is 4.79 Å². The lowest BCUT2D eigenvalue weighted by Crippen LogP contribution is -2.44. The van der Waals surface area contributed by atoms with Crippen LogP contribution in [-0.4, -0.2) is 40.9 Å². The Kier molecular flexibility index (Phi) is 4.36. The number of carbonyl (C=O) groups is 3. The number of amides is 4. The predicted octanol–water partition coefficient (Wildman–Crippen LogP) is 1.69.